The first-order valence-corrected chi connectivity index (χ1v) is 9.50. The summed E-state index contributed by atoms with van der Waals surface area (Å²) >= 11 is 1.65. The highest BCUT2D eigenvalue weighted by Gasteiger charge is 2.20. The average molecular weight is 382 g/mol. The third-order valence-corrected chi connectivity index (χ3v) is 5.39. The lowest BCUT2D eigenvalue weighted by molar-refractivity contribution is -0.116. The van der Waals surface area contributed by atoms with E-state index in [2.05, 4.69) is 10.3 Å². The number of rotatable bonds is 6. The number of thiazole rings is 1. The quantitative estimate of drug-likeness (QED) is 0.647. The minimum atomic E-state index is -0.141. The van der Waals surface area contributed by atoms with E-state index in [-0.39, 0.29) is 18.5 Å². The van der Waals surface area contributed by atoms with Crippen LogP contribution in [0.4, 0.5) is 5.69 Å². The molecule has 0 saturated carbocycles. The fourth-order valence-electron chi connectivity index (χ4n) is 2.98. The molecule has 0 radical (unpaired) electrons. The zero-order valence-corrected chi connectivity index (χ0v) is 15.6. The second-order valence-corrected chi connectivity index (χ2v) is 7.40. The van der Waals surface area contributed by atoms with Gasteiger partial charge in [-0.3, -0.25) is 9.59 Å². The van der Waals surface area contributed by atoms with Crippen LogP contribution in [0, 0.1) is 0 Å². The number of anilines is 1. The van der Waals surface area contributed by atoms with Crippen LogP contribution in [-0.4, -0.2) is 23.5 Å². The summed E-state index contributed by atoms with van der Waals surface area (Å²) in [4.78, 5) is 28.8. The SMILES string of the molecule is CC(=O)c1cc2c(cc1NC(=O)CCCc1nc3ccccc3s1)OCO2. The van der Waals surface area contributed by atoms with Crippen molar-refractivity contribution in [2.45, 2.75) is 26.2 Å². The Labute approximate surface area is 160 Å². The fourth-order valence-corrected chi connectivity index (χ4v) is 3.99. The number of nitrogens with zero attached hydrogens (tertiary/aromatic N) is 1. The van der Waals surface area contributed by atoms with Crippen LogP contribution < -0.4 is 14.8 Å². The Bertz CT molecular complexity index is 995. The van der Waals surface area contributed by atoms with Crippen LogP contribution in [0.15, 0.2) is 36.4 Å². The molecule has 0 unspecified atom stereocenters. The molecular weight excluding hydrogens is 364 g/mol. The first-order valence-electron chi connectivity index (χ1n) is 8.69. The molecule has 0 bridgehead atoms. The molecule has 4 rings (SSSR count). The maximum Gasteiger partial charge on any atom is 0.231 e. The van der Waals surface area contributed by atoms with Crippen molar-refractivity contribution in [2.75, 3.05) is 12.1 Å². The molecule has 1 amide bonds. The number of carbonyl (C=O) groups is 2. The second-order valence-electron chi connectivity index (χ2n) is 6.28. The van der Waals surface area contributed by atoms with Crippen molar-refractivity contribution in [2.24, 2.45) is 0 Å². The number of benzene rings is 2. The van der Waals surface area contributed by atoms with Gasteiger partial charge in [-0.25, -0.2) is 4.98 Å². The summed E-state index contributed by atoms with van der Waals surface area (Å²) in [6.07, 6.45) is 1.78. The van der Waals surface area contributed by atoms with E-state index in [1.807, 2.05) is 24.3 Å². The van der Waals surface area contributed by atoms with E-state index in [4.69, 9.17) is 9.47 Å². The van der Waals surface area contributed by atoms with E-state index in [0.29, 0.717) is 35.6 Å². The number of hydrogen-bond acceptors (Lipinski definition) is 6. The number of ketones is 1. The Morgan fingerprint density at radius 1 is 1.19 bits per heavy atom. The third-order valence-electron chi connectivity index (χ3n) is 4.30. The lowest BCUT2D eigenvalue weighted by Crippen LogP contribution is -2.14. The average Bonchev–Trinajstić information content (AvgIpc) is 3.26. The molecule has 2 heterocycles. The first-order chi connectivity index (χ1) is 13.1. The molecule has 0 aliphatic carbocycles. The smallest absolute Gasteiger partial charge is 0.231 e. The molecule has 6 nitrogen and oxygen atoms in total. The minimum Gasteiger partial charge on any atom is -0.454 e. The Hall–Kier alpha value is -2.93. The monoisotopic (exact) mass is 382 g/mol. The van der Waals surface area contributed by atoms with E-state index in [1.165, 1.54) is 6.92 Å². The largest absolute Gasteiger partial charge is 0.454 e. The van der Waals surface area contributed by atoms with Crippen LogP contribution in [0.25, 0.3) is 10.2 Å². The van der Waals surface area contributed by atoms with Crippen LogP contribution in [-0.2, 0) is 11.2 Å². The molecule has 0 atom stereocenters. The molecule has 0 saturated heterocycles. The number of aromatic nitrogens is 1. The van der Waals surface area contributed by atoms with Crippen LogP contribution in [0.1, 0.15) is 35.1 Å². The highest BCUT2D eigenvalue weighted by atomic mass is 32.1. The van der Waals surface area contributed by atoms with E-state index in [0.717, 1.165) is 21.6 Å². The Balaban J connectivity index is 1.38. The predicted octanol–water partition coefficient (Wildman–Crippen LogP) is 4.19. The van der Waals surface area contributed by atoms with Crippen molar-refractivity contribution in [1.82, 2.24) is 4.98 Å². The minimum absolute atomic E-state index is 0.117. The van der Waals surface area contributed by atoms with E-state index < -0.39 is 0 Å². The van der Waals surface area contributed by atoms with Crippen molar-refractivity contribution in [3.63, 3.8) is 0 Å². The number of hydrogen-bond donors (Lipinski definition) is 1. The molecule has 0 spiro atoms. The number of nitrogens with one attached hydrogen (secondary N) is 1. The molecule has 1 aliphatic rings. The molecule has 2 aromatic carbocycles. The van der Waals surface area contributed by atoms with Crippen LogP contribution in [0.2, 0.25) is 0 Å². The first kappa shape index (κ1) is 17.5. The molecule has 1 aromatic heterocycles. The molecule has 0 fully saturated rings. The molecule has 7 heteroatoms. The third kappa shape index (κ3) is 3.78. The van der Waals surface area contributed by atoms with Gasteiger partial charge in [0.1, 0.15) is 0 Å². The molecule has 3 aromatic rings. The number of Topliss-reactive ketones (excluding diaryl/α,β-unsaturated/α-hetero) is 1. The zero-order valence-electron chi connectivity index (χ0n) is 14.8. The van der Waals surface area contributed by atoms with Gasteiger partial charge in [-0.2, -0.15) is 0 Å². The van der Waals surface area contributed by atoms with Crippen molar-refractivity contribution in [1.29, 1.82) is 0 Å². The number of carbonyl (C=O) groups excluding carboxylic acids is 2. The van der Waals surface area contributed by atoms with Crippen molar-refractivity contribution in [3.8, 4) is 11.5 Å². The topological polar surface area (TPSA) is 77.5 Å². The van der Waals surface area contributed by atoms with Crippen molar-refractivity contribution < 1.29 is 19.1 Å². The molecule has 1 N–H and O–H groups in total. The highest BCUT2D eigenvalue weighted by Crippen LogP contribution is 2.37. The van der Waals surface area contributed by atoms with Gasteiger partial charge >= 0.3 is 0 Å². The molecule has 138 valence electrons. The van der Waals surface area contributed by atoms with E-state index in [1.54, 1.807) is 23.5 Å². The van der Waals surface area contributed by atoms with Gasteiger partial charge < -0.3 is 14.8 Å². The maximum absolute atomic E-state index is 12.3. The van der Waals surface area contributed by atoms with Gasteiger partial charge in [0.2, 0.25) is 12.7 Å². The maximum atomic E-state index is 12.3. The molecular formula is C20H18N2O4S. The van der Waals surface area contributed by atoms with Crippen LogP contribution in [0.3, 0.4) is 0 Å². The summed E-state index contributed by atoms with van der Waals surface area (Å²) in [5, 5.41) is 3.85. The van der Waals surface area contributed by atoms with E-state index in [9.17, 15) is 9.59 Å². The summed E-state index contributed by atoms with van der Waals surface area (Å²) in [5.74, 6) is 0.773. The van der Waals surface area contributed by atoms with Crippen molar-refractivity contribution in [3.05, 3.63) is 47.0 Å². The van der Waals surface area contributed by atoms with Gasteiger partial charge in [0.05, 0.1) is 20.9 Å². The number of ether oxygens (including phenoxy) is 2. The number of aryl methyl sites for hydroxylation is 1. The van der Waals surface area contributed by atoms with Gasteiger partial charge in [0.25, 0.3) is 0 Å². The van der Waals surface area contributed by atoms with E-state index >= 15 is 0 Å². The summed E-state index contributed by atoms with van der Waals surface area (Å²) in [6, 6.07) is 11.3. The Morgan fingerprint density at radius 3 is 2.74 bits per heavy atom. The number of para-hydroxylation sites is 1. The van der Waals surface area contributed by atoms with Gasteiger partial charge in [-0.05, 0) is 38.0 Å². The van der Waals surface area contributed by atoms with Gasteiger partial charge in [0.15, 0.2) is 17.3 Å². The molecule has 1 aliphatic heterocycles. The van der Waals surface area contributed by atoms with Gasteiger partial charge in [-0.1, -0.05) is 12.1 Å². The Morgan fingerprint density at radius 2 is 1.96 bits per heavy atom. The number of amides is 1. The van der Waals surface area contributed by atoms with Gasteiger partial charge in [-0.15, -0.1) is 11.3 Å². The summed E-state index contributed by atoms with van der Waals surface area (Å²) in [7, 11) is 0. The van der Waals surface area contributed by atoms with Crippen molar-refractivity contribution >= 4 is 38.9 Å². The lowest BCUT2D eigenvalue weighted by Gasteiger charge is -2.10. The zero-order chi connectivity index (χ0) is 18.8. The second kappa shape index (κ2) is 7.36. The summed E-state index contributed by atoms with van der Waals surface area (Å²) in [6.45, 7) is 1.58. The van der Waals surface area contributed by atoms with Crippen LogP contribution in [0.5, 0.6) is 11.5 Å². The van der Waals surface area contributed by atoms with Crippen LogP contribution >= 0.6 is 11.3 Å². The summed E-state index contributed by atoms with van der Waals surface area (Å²) in [5.41, 5.74) is 1.86. The lowest BCUT2D eigenvalue weighted by atomic mass is 10.1. The predicted molar refractivity (Wildman–Crippen MR) is 104 cm³/mol. The summed E-state index contributed by atoms with van der Waals surface area (Å²) < 4.78 is 11.8. The number of fused-ring (bicyclic) bond motifs is 2. The highest BCUT2D eigenvalue weighted by molar-refractivity contribution is 7.18. The standard InChI is InChI=1S/C20H18N2O4S/c1-12(23)13-9-16-17(26-11-25-16)10-15(13)21-19(24)7-4-8-20-22-14-5-2-3-6-18(14)27-20/h2-3,5-6,9-10H,4,7-8,11H2,1H3,(H,21,24). The Kier molecular flexibility index (Phi) is 4.77. The fraction of sp³-hybridized carbons (Fsp3) is 0.250. The molecule has 27 heavy (non-hydrogen) atoms. The normalized spacial score (nSPS) is 12.3. The van der Waals surface area contributed by atoms with Gasteiger partial charge in [0, 0.05) is 18.1 Å².